The number of carbonyl (C=O) groups is 1. The molecule has 4 heteroatoms. The van der Waals surface area contributed by atoms with Crippen molar-refractivity contribution in [2.75, 3.05) is 4.57 Å². The van der Waals surface area contributed by atoms with Crippen molar-refractivity contribution in [1.82, 2.24) is 0 Å². The third-order valence-electron chi connectivity index (χ3n) is 2.95. The van der Waals surface area contributed by atoms with Gasteiger partial charge in [-0.1, -0.05) is 25.2 Å². The number of hydrogen-bond donors (Lipinski definition) is 1. The van der Waals surface area contributed by atoms with Crippen molar-refractivity contribution in [1.29, 1.82) is 0 Å². The van der Waals surface area contributed by atoms with Crippen molar-refractivity contribution in [2.45, 2.75) is 46.3 Å². The summed E-state index contributed by atoms with van der Waals surface area (Å²) in [5.41, 5.74) is 2.27. The van der Waals surface area contributed by atoms with Crippen LogP contribution in [0.25, 0.3) is 0 Å². The van der Waals surface area contributed by atoms with Gasteiger partial charge in [0, 0.05) is 11.2 Å². The van der Waals surface area contributed by atoms with Gasteiger partial charge in [0.15, 0.2) is 0 Å². The summed E-state index contributed by atoms with van der Waals surface area (Å²) in [7, 11) is -1.16. The average Bonchev–Trinajstić information content (AvgIpc) is 2.17. The van der Waals surface area contributed by atoms with Crippen LogP contribution in [0, 0.1) is 6.92 Å². The number of benzene rings is 1. The lowest BCUT2D eigenvalue weighted by molar-refractivity contribution is 0.0697. The fraction of sp³-hybridized carbons (Fsp3) is 0.500. The van der Waals surface area contributed by atoms with E-state index in [9.17, 15) is 9.90 Å². The summed E-state index contributed by atoms with van der Waals surface area (Å²) >= 11 is 0. The zero-order chi connectivity index (χ0) is 14.1. The quantitative estimate of drug-likeness (QED) is 0.853. The van der Waals surface area contributed by atoms with E-state index >= 15 is 0 Å². The molecule has 0 unspecified atom stereocenters. The average molecular weight is 265 g/mol. The lowest BCUT2D eigenvalue weighted by Crippen LogP contribution is -2.49. The van der Waals surface area contributed by atoms with Gasteiger partial charge >= 0.3 is 5.97 Å². The zero-order valence-electron chi connectivity index (χ0n) is 12.1. The van der Waals surface area contributed by atoms with E-state index in [2.05, 4.69) is 38.4 Å². The normalized spacial score (nSPS) is 11.7. The van der Waals surface area contributed by atoms with Gasteiger partial charge in [0.2, 0.25) is 0 Å². The number of hydrogen-bond acceptors (Lipinski definition) is 2. The summed E-state index contributed by atoms with van der Waals surface area (Å²) in [5, 5.41) is 9.38. The van der Waals surface area contributed by atoms with Crippen LogP contribution < -0.4 is 4.57 Å². The molecule has 1 aromatic rings. The van der Waals surface area contributed by atoms with Gasteiger partial charge in [-0.15, -0.1) is 0 Å². The Morgan fingerprint density at radius 3 is 2.22 bits per heavy atom. The highest BCUT2D eigenvalue weighted by Gasteiger charge is 2.29. The number of rotatable bonds is 3. The van der Waals surface area contributed by atoms with Crippen LogP contribution in [0.5, 0.6) is 0 Å². The largest absolute Gasteiger partial charge is 0.478 e. The molecular weight excluding hydrogens is 242 g/mol. The van der Waals surface area contributed by atoms with Crippen molar-refractivity contribution in [2.24, 2.45) is 0 Å². The number of carboxylic acids is 1. The Bertz CT molecular complexity index is 450. The molecule has 1 aromatic carbocycles. The zero-order valence-corrected chi connectivity index (χ0v) is 13.3. The fourth-order valence-electron chi connectivity index (χ4n) is 2.52. The van der Waals surface area contributed by atoms with E-state index in [1.165, 1.54) is 0 Å². The van der Waals surface area contributed by atoms with E-state index in [1.54, 1.807) is 6.07 Å². The minimum Gasteiger partial charge on any atom is -0.478 e. The molecule has 0 aliphatic heterocycles. The smallest absolute Gasteiger partial charge is 0.337 e. The van der Waals surface area contributed by atoms with Crippen LogP contribution >= 0.6 is 0 Å². The van der Waals surface area contributed by atoms with Crippen molar-refractivity contribution in [3.8, 4) is 0 Å². The first-order chi connectivity index (χ1) is 8.16. The molecule has 0 aromatic heterocycles. The molecule has 0 aliphatic carbocycles. The second kappa shape index (κ2) is 5.14. The maximum Gasteiger partial charge on any atom is 0.337 e. The molecular formula is C14H23NO2Si. The Labute approximate surface area is 111 Å². The van der Waals surface area contributed by atoms with Crippen LogP contribution in [0.4, 0.5) is 5.69 Å². The molecule has 0 radical (unpaired) electrons. The van der Waals surface area contributed by atoms with Gasteiger partial charge in [-0.05, 0) is 39.3 Å². The van der Waals surface area contributed by atoms with Gasteiger partial charge in [0.25, 0.3) is 0 Å². The van der Waals surface area contributed by atoms with Gasteiger partial charge < -0.3 is 9.67 Å². The van der Waals surface area contributed by atoms with Crippen molar-refractivity contribution < 1.29 is 9.90 Å². The molecule has 3 nitrogen and oxygen atoms in total. The minimum atomic E-state index is -1.16. The molecule has 0 heterocycles. The maximum atomic E-state index is 11.4. The van der Waals surface area contributed by atoms with Gasteiger partial charge in [-0.25, -0.2) is 4.79 Å². The summed E-state index contributed by atoms with van der Waals surface area (Å²) in [4.78, 5) is 11.4. The second-order valence-corrected chi connectivity index (χ2v) is 8.61. The molecule has 0 spiro atoms. The van der Waals surface area contributed by atoms with Crippen molar-refractivity contribution in [3.05, 3.63) is 29.3 Å². The SMILES string of the molecule is Cc1cccc(C(=O)O)c1N([SiH](C)C)C(C)(C)C. The molecule has 0 aliphatic rings. The van der Waals surface area contributed by atoms with Gasteiger partial charge in [-0.2, -0.15) is 0 Å². The van der Waals surface area contributed by atoms with Crippen LogP contribution in [-0.2, 0) is 0 Å². The molecule has 18 heavy (non-hydrogen) atoms. The summed E-state index contributed by atoms with van der Waals surface area (Å²) in [6.45, 7) is 12.8. The summed E-state index contributed by atoms with van der Waals surface area (Å²) in [5.74, 6) is -0.849. The lowest BCUT2D eigenvalue weighted by atomic mass is 10.0. The number of aromatic carboxylic acids is 1. The van der Waals surface area contributed by atoms with Crippen LogP contribution in [0.2, 0.25) is 13.1 Å². The highest BCUT2D eigenvalue weighted by atomic mass is 28.3. The minimum absolute atomic E-state index is 0.0588. The molecule has 0 saturated carbocycles. The molecule has 0 saturated heterocycles. The number of carboxylic acid groups (broad SMARTS) is 1. The standard InChI is InChI=1S/C14H23NO2Si/c1-10-8-7-9-11(13(16)17)12(10)15(18(5)6)14(2,3)4/h7-9,18H,1-6H3,(H,16,17). The Kier molecular flexibility index (Phi) is 4.22. The second-order valence-electron chi connectivity index (χ2n) is 5.91. The van der Waals surface area contributed by atoms with Crippen LogP contribution in [-0.4, -0.2) is 25.6 Å². The Morgan fingerprint density at radius 1 is 1.28 bits per heavy atom. The van der Waals surface area contributed by atoms with E-state index in [1.807, 2.05) is 19.1 Å². The molecule has 0 fully saturated rings. The van der Waals surface area contributed by atoms with Crippen LogP contribution in [0.15, 0.2) is 18.2 Å². The highest BCUT2D eigenvalue weighted by molar-refractivity contribution is 6.61. The molecule has 0 atom stereocenters. The van der Waals surface area contributed by atoms with E-state index in [0.717, 1.165) is 11.3 Å². The first-order valence-corrected chi connectivity index (χ1v) is 9.11. The molecule has 1 rings (SSSR count). The molecule has 100 valence electrons. The third-order valence-corrected chi connectivity index (χ3v) is 5.01. The predicted molar refractivity (Wildman–Crippen MR) is 79.2 cm³/mol. The Hall–Kier alpha value is -1.29. The third kappa shape index (κ3) is 2.93. The Morgan fingerprint density at radius 2 is 1.83 bits per heavy atom. The van der Waals surface area contributed by atoms with Gasteiger partial charge in [-0.3, -0.25) is 0 Å². The number of nitrogens with zero attached hydrogens (tertiary/aromatic N) is 1. The monoisotopic (exact) mass is 265 g/mol. The van der Waals surface area contributed by atoms with E-state index in [4.69, 9.17) is 0 Å². The van der Waals surface area contributed by atoms with Gasteiger partial charge in [0.05, 0.1) is 5.56 Å². The Balaban J connectivity index is 3.50. The molecule has 0 amide bonds. The highest BCUT2D eigenvalue weighted by Crippen LogP contribution is 2.32. The first kappa shape index (κ1) is 14.8. The topological polar surface area (TPSA) is 40.5 Å². The van der Waals surface area contributed by atoms with Crippen molar-refractivity contribution in [3.63, 3.8) is 0 Å². The van der Waals surface area contributed by atoms with E-state index < -0.39 is 14.9 Å². The van der Waals surface area contributed by atoms with E-state index in [-0.39, 0.29) is 5.54 Å². The van der Waals surface area contributed by atoms with E-state index in [0.29, 0.717) is 5.56 Å². The summed E-state index contributed by atoms with van der Waals surface area (Å²) in [6.07, 6.45) is 0. The van der Waals surface area contributed by atoms with Crippen LogP contribution in [0.1, 0.15) is 36.7 Å². The molecule has 0 bridgehead atoms. The summed E-state index contributed by atoms with van der Waals surface area (Å²) < 4.78 is 2.31. The first-order valence-electron chi connectivity index (χ1n) is 6.28. The number of aryl methyl sites for hydroxylation is 1. The summed E-state index contributed by atoms with van der Waals surface area (Å²) in [6, 6.07) is 5.49. The lowest BCUT2D eigenvalue weighted by Gasteiger charge is -2.42. The molecule has 1 N–H and O–H groups in total. The van der Waals surface area contributed by atoms with Crippen LogP contribution in [0.3, 0.4) is 0 Å². The predicted octanol–water partition coefficient (Wildman–Crippen LogP) is 3.28. The number of para-hydroxylation sites is 1. The number of anilines is 1. The van der Waals surface area contributed by atoms with Crippen molar-refractivity contribution >= 4 is 20.6 Å². The van der Waals surface area contributed by atoms with Gasteiger partial charge in [0.1, 0.15) is 8.96 Å². The maximum absolute atomic E-state index is 11.4. The fourth-order valence-corrected chi connectivity index (χ4v) is 4.93.